The van der Waals surface area contributed by atoms with E-state index in [1.54, 1.807) is 0 Å². The molecule has 0 aliphatic heterocycles. The Morgan fingerprint density at radius 3 is 0.962 bits per heavy atom. The van der Waals surface area contributed by atoms with E-state index in [0.29, 0.717) is 0 Å². The van der Waals surface area contributed by atoms with E-state index in [1.807, 2.05) is 0 Å². The van der Waals surface area contributed by atoms with E-state index < -0.39 is 19.8 Å². The predicted octanol–water partition coefficient (Wildman–Crippen LogP) is 5.38. The Bertz CT molecular complexity index is 610. The molecule has 3 rings (SSSR count). The fourth-order valence-electron chi connectivity index (χ4n) is 3.27. The molecule has 0 aliphatic rings. The fourth-order valence-corrected chi connectivity index (χ4v) is 10.9. The van der Waals surface area contributed by atoms with Gasteiger partial charge >= 0.3 is 160 Å². The van der Waals surface area contributed by atoms with Crippen molar-refractivity contribution in [2.45, 2.75) is 32.6 Å². The fraction of sp³-hybridized carbons (Fsp3) is 0.250. The molecule has 0 amide bonds. The van der Waals surface area contributed by atoms with Gasteiger partial charge in [0.25, 0.3) is 0 Å². The molecule has 0 aromatic heterocycles. The molecule has 0 aliphatic carbocycles. The standard InChI is InChI=1S/3C8H9.H2O.Sn/c3*1-2-8-6-4-3-5-7-8;;/h3*3-7H,1-2H2;1H2;. The van der Waals surface area contributed by atoms with Gasteiger partial charge in [-0.3, -0.25) is 0 Å². The monoisotopic (exact) mass is 453 g/mol. The van der Waals surface area contributed by atoms with Crippen LogP contribution in [0.3, 0.4) is 0 Å². The first-order valence-corrected chi connectivity index (χ1v) is 15.4. The van der Waals surface area contributed by atoms with Gasteiger partial charge in [0.15, 0.2) is 0 Å². The third-order valence-electron chi connectivity index (χ3n) is 4.83. The number of hydrogen-bond acceptors (Lipinski definition) is 0. The molecule has 26 heavy (non-hydrogen) atoms. The third-order valence-corrected chi connectivity index (χ3v) is 13.0. The Kier molecular flexibility index (Phi) is 9.51. The van der Waals surface area contributed by atoms with Crippen LogP contribution < -0.4 is 0 Å². The van der Waals surface area contributed by atoms with Crippen LogP contribution in [0.5, 0.6) is 0 Å². The summed E-state index contributed by atoms with van der Waals surface area (Å²) in [4.78, 5) is 0. The first kappa shape index (κ1) is 20.7. The molecule has 2 heteroatoms. The Morgan fingerprint density at radius 1 is 0.423 bits per heavy atom. The molecule has 0 unspecified atom stereocenters. The topological polar surface area (TPSA) is 31.5 Å². The van der Waals surface area contributed by atoms with Crippen molar-refractivity contribution in [1.29, 1.82) is 0 Å². The Balaban J connectivity index is 0.00000243. The second-order valence-electron chi connectivity index (χ2n) is 6.71. The summed E-state index contributed by atoms with van der Waals surface area (Å²) >= 11 is -1.38. The summed E-state index contributed by atoms with van der Waals surface area (Å²) < 4.78 is 4.43. The first-order valence-electron chi connectivity index (χ1n) is 9.35. The van der Waals surface area contributed by atoms with Gasteiger partial charge in [-0.1, -0.05) is 0 Å². The van der Waals surface area contributed by atoms with E-state index in [1.165, 1.54) is 49.3 Å². The van der Waals surface area contributed by atoms with Gasteiger partial charge < -0.3 is 5.48 Å². The second kappa shape index (κ2) is 11.9. The summed E-state index contributed by atoms with van der Waals surface area (Å²) in [6.07, 6.45) is 3.83. The number of hydrogen-bond donors (Lipinski definition) is 0. The maximum atomic E-state index is 2.29. The summed E-state index contributed by atoms with van der Waals surface area (Å²) in [5, 5.41) is 0. The summed E-state index contributed by atoms with van der Waals surface area (Å²) in [5.41, 5.74) is 4.54. The average molecular weight is 452 g/mol. The van der Waals surface area contributed by atoms with Gasteiger partial charge in [0.1, 0.15) is 0 Å². The maximum absolute atomic E-state index is 2.29. The van der Waals surface area contributed by atoms with E-state index in [4.69, 9.17) is 0 Å². The zero-order valence-corrected chi connectivity index (χ0v) is 18.3. The van der Waals surface area contributed by atoms with Crippen molar-refractivity contribution in [1.82, 2.24) is 0 Å². The molecule has 3 aromatic carbocycles. The van der Waals surface area contributed by atoms with Crippen LogP contribution in [0, 0.1) is 0 Å². The van der Waals surface area contributed by atoms with E-state index >= 15 is 0 Å². The van der Waals surface area contributed by atoms with Crippen molar-refractivity contribution in [3.63, 3.8) is 0 Å². The molecule has 2 N–H and O–H groups in total. The first-order chi connectivity index (χ1) is 12.4. The number of benzene rings is 3. The van der Waals surface area contributed by atoms with Crippen LogP contribution in [0.25, 0.3) is 0 Å². The van der Waals surface area contributed by atoms with Crippen LogP contribution in [0.15, 0.2) is 91.0 Å². The van der Waals surface area contributed by atoms with Gasteiger partial charge in [-0.2, -0.15) is 0 Å². The van der Waals surface area contributed by atoms with Crippen LogP contribution >= 0.6 is 0 Å². The van der Waals surface area contributed by atoms with E-state index in [-0.39, 0.29) is 5.48 Å². The molecule has 3 aromatic rings. The molecule has 0 spiro atoms. The van der Waals surface area contributed by atoms with Crippen LogP contribution in [-0.4, -0.2) is 25.2 Å². The SMILES string of the molecule is O.c1ccc(C[CH2][Sn]([CH2]Cc2ccccc2)[CH2]Cc2ccccc2)cc1. The molecule has 135 valence electrons. The van der Waals surface area contributed by atoms with Crippen molar-refractivity contribution in [3.8, 4) is 0 Å². The molecular formula is C24H29OSn. The Labute approximate surface area is 165 Å². The number of aryl methyl sites for hydroxylation is 3. The molecule has 0 heterocycles. The minimum atomic E-state index is -1.38. The summed E-state index contributed by atoms with van der Waals surface area (Å²) in [6.45, 7) is 0. The molecule has 1 nitrogen and oxygen atoms in total. The van der Waals surface area contributed by atoms with Crippen molar-refractivity contribution < 1.29 is 5.48 Å². The van der Waals surface area contributed by atoms with Gasteiger partial charge in [-0.15, -0.1) is 0 Å². The summed E-state index contributed by atoms with van der Waals surface area (Å²) in [5.74, 6) is 0. The Hall–Kier alpha value is -1.58. The molecular weight excluding hydrogens is 423 g/mol. The number of rotatable bonds is 9. The minimum absolute atomic E-state index is 0. The van der Waals surface area contributed by atoms with Crippen molar-refractivity contribution in [2.24, 2.45) is 0 Å². The van der Waals surface area contributed by atoms with Gasteiger partial charge in [-0.05, 0) is 0 Å². The van der Waals surface area contributed by atoms with Crippen molar-refractivity contribution in [3.05, 3.63) is 108 Å². The summed E-state index contributed by atoms with van der Waals surface area (Å²) in [6, 6.07) is 33.1. The second-order valence-corrected chi connectivity index (χ2v) is 15.3. The van der Waals surface area contributed by atoms with Gasteiger partial charge in [0, 0.05) is 0 Å². The van der Waals surface area contributed by atoms with Crippen LogP contribution in [0.4, 0.5) is 0 Å². The summed E-state index contributed by atoms with van der Waals surface area (Å²) in [7, 11) is 0. The molecule has 0 saturated carbocycles. The molecule has 0 fully saturated rings. The predicted molar refractivity (Wildman–Crippen MR) is 114 cm³/mol. The van der Waals surface area contributed by atoms with Gasteiger partial charge in [-0.25, -0.2) is 0 Å². The van der Waals surface area contributed by atoms with Crippen LogP contribution in [0.2, 0.25) is 13.3 Å². The zero-order valence-electron chi connectivity index (χ0n) is 15.4. The molecule has 0 bridgehead atoms. The quantitative estimate of drug-likeness (QED) is 0.391. The van der Waals surface area contributed by atoms with Crippen LogP contribution in [-0.2, 0) is 19.3 Å². The normalized spacial score (nSPS) is 10.5. The molecule has 0 atom stereocenters. The average Bonchev–Trinajstić information content (AvgIpc) is 2.70. The van der Waals surface area contributed by atoms with E-state index in [2.05, 4.69) is 91.0 Å². The molecule has 0 saturated heterocycles. The Morgan fingerprint density at radius 2 is 0.692 bits per heavy atom. The van der Waals surface area contributed by atoms with E-state index in [9.17, 15) is 0 Å². The molecule has 1 radical (unpaired) electrons. The van der Waals surface area contributed by atoms with Crippen molar-refractivity contribution in [2.75, 3.05) is 0 Å². The van der Waals surface area contributed by atoms with Gasteiger partial charge in [0.05, 0.1) is 0 Å². The zero-order chi connectivity index (χ0) is 17.2. The van der Waals surface area contributed by atoms with Gasteiger partial charge in [0.2, 0.25) is 0 Å². The third kappa shape index (κ3) is 7.35. The van der Waals surface area contributed by atoms with E-state index in [0.717, 1.165) is 0 Å². The van der Waals surface area contributed by atoms with Crippen LogP contribution in [0.1, 0.15) is 16.7 Å². The van der Waals surface area contributed by atoms with Crippen molar-refractivity contribution >= 4 is 19.8 Å².